The van der Waals surface area contributed by atoms with Crippen LogP contribution >= 0.6 is 0 Å². The minimum atomic E-state index is -1.40. The SMILES string of the molecule is C=C(C)C(=O)OCC(O)COC[C@@H](OCC(O)COC(=O)C(=C)C)[C@H](OCC(O)COC(=O)C(=C)C)[C@H](CO)OCC(O)COC(=O)C(=C)C. The van der Waals surface area contributed by atoms with Crippen molar-refractivity contribution in [3.05, 3.63) is 48.6 Å². The summed E-state index contributed by atoms with van der Waals surface area (Å²) in [5, 5.41) is 51.7. The molecule has 0 aliphatic heterocycles. The summed E-state index contributed by atoms with van der Waals surface area (Å²) in [6.45, 7) is 14.5. The number of carbonyl (C=O) groups excluding carboxylic acids is 4. The lowest BCUT2D eigenvalue weighted by molar-refractivity contribution is -0.191. The number of aliphatic hydroxyl groups excluding tert-OH is 5. The molecule has 0 amide bonds. The maximum atomic E-state index is 11.8. The lowest BCUT2D eigenvalue weighted by Crippen LogP contribution is -2.49. The van der Waals surface area contributed by atoms with Gasteiger partial charge in [0.25, 0.3) is 0 Å². The highest BCUT2D eigenvalue weighted by Gasteiger charge is 2.34. The Bertz CT molecular complexity index is 1140. The third-order valence-corrected chi connectivity index (χ3v) is 6.01. The number of carbonyl (C=O) groups is 4. The first-order valence-corrected chi connectivity index (χ1v) is 15.5. The molecule has 0 fully saturated rings. The van der Waals surface area contributed by atoms with E-state index in [-0.39, 0.29) is 22.3 Å². The van der Waals surface area contributed by atoms with Crippen LogP contribution in [0.5, 0.6) is 0 Å². The van der Waals surface area contributed by atoms with Gasteiger partial charge in [0.2, 0.25) is 0 Å². The topological polar surface area (TPSA) is 243 Å². The van der Waals surface area contributed by atoms with Crippen molar-refractivity contribution in [1.82, 2.24) is 0 Å². The molecule has 0 bridgehead atoms. The van der Waals surface area contributed by atoms with Crippen LogP contribution in [-0.2, 0) is 57.1 Å². The van der Waals surface area contributed by atoms with Gasteiger partial charge in [0.05, 0.1) is 39.6 Å². The Morgan fingerprint density at radius 3 is 1.08 bits per heavy atom. The summed E-state index contributed by atoms with van der Waals surface area (Å²) in [6.07, 6.45) is -9.40. The van der Waals surface area contributed by atoms with Crippen LogP contribution in [0, 0.1) is 0 Å². The summed E-state index contributed by atoms with van der Waals surface area (Å²) < 4.78 is 42.6. The highest BCUT2D eigenvalue weighted by atomic mass is 16.6. The first kappa shape index (κ1) is 46.5. The molecule has 0 aromatic carbocycles. The van der Waals surface area contributed by atoms with E-state index in [2.05, 4.69) is 26.3 Å². The molecule has 0 saturated carbocycles. The molecule has 0 aliphatic carbocycles. The first-order valence-electron chi connectivity index (χ1n) is 15.5. The molecule has 0 heterocycles. The van der Waals surface area contributed by atoms with Gasteiger partial charge in [0.15, 0.2) is 0 Å². The van der Waals surface area contributed by atoms with Crippen LogP contribution in [0.4, 0.5) is 0 Å². The zero-order valence-corrected chi connectivity index (χ0v) is 29.1. The van der Waals surface area contributed by atoms with E-state index in [1.54, 1.807) is 0 Å². The molecule has 286 valence electrons. The molecule has 0 rings (SSSR count). The summed E-state index contributed by atoms with van der Waals surface area (Å²) >= 11 is 0. The van der Waals surface area contributed by atoms with Crippen LogP contribution in [0.15, 0.2) is 48.6 Å². The van der Waals surface area contributed by atoms with Crippen LogP contribution in [0.3, 0.4) is 0 Å². The molecule has 5 N–H and O–H groups in total. The van der Waals surface area contributed by atoms with E-state index in [1.807, 2.05) is 0 Å². The highest BCUT2D eigenvalue weighted by Crippen LogP contribution is 2.16. The second-order valence-corrected chi connectivity index (χ2v) is 11.4. The van der Waals surface area contributed by atoms with Gasteiger partial charge < -0.3 is 63.4 Å². The molecular formula is C33H52O17. The summed E-state index contributed by atoms with van der Waals surface area (Å²) in [6, 6.07) is 0. The fourth-order valence-electron chi connectivity index (χ4n) is 3.33. The van der Waals surface area contributed by atoms with Gasteiger partial charge in [0.1, 0.15) is 69.2 Å². The standard InChI is InChI=1S/C33H52O17/c1-19(2)30(39)47-14-23(35)10-43-18-28(45-12-25(37)16-49-32(41)21(5)6)29(46-13-26(38)17-50-33(42)22(7)8)27(9-34)44-11-24(36)15-48-31(40)20(3)4/h23-29,34-38H,1,3,5,7,9-18H2,2,4,6,8H3/t23?,24?,25?,26?,27-,28+,29+/m0/s1. The van der Waals surface area contributed by atoms with E-state index in [1.165, 1.54) is 27.7 Å². The van der Waals surface area contributed by atoms with Crippen molar-refractivity contribution in [2.24, 2.45) is 0 Å². The van der Waals surface area contributed by atoms with Crippen molar-refractivity contribution in [1.29, 1.82) is 0 Å². The Labute approximate surface area is 291 Å². The van der Waals surface area contributed by atoms with Gasteiger partial charge in [-0.05, 0) is 27.7 Å². The maximum Gasteiger partial charge on any atom is 0.333 e. The van der Waals surface area contributed by atoms with Crippen LogP contribution in [0.1, 0.15) is 27.7 Å². The smallest absolute Gasteiger partial charge is 0.333 e. The Hall–Kier alpha value is -3.52. The van der Waals surface area contributed by atoms with Crippen LogP contribution in [0.2, 0.25) is 0 Å². The van der Waals surface area contributed by atoms with Gasteiger partial charge in [-0.1, -0.05) is 26.3 Å². The summed E-state index contributed by atoms with van der Waals surface area (Å²) in [7, 11) is 0. The highest BCUT2D eigenvalue weighted by molar-refractivity contribution is 5.88. The predicted molar refractivity (Wildman–Crippen MR) is 174 cm³/mol. The van der Waals surface area contributed by atoms with Gasteiger partial charge >= 0.3 is 23.9 Å². The Morgan fingerprint density at radius 2 is 0.760 bits per heavy atom. The maximum absolute atomic E-state index is 11.8. The van der Waals surface area contributed by atoms with Crippen LogP contribution < -0.4 is 0 Å². The van der Waals surface area contributed by atoms with E-state index in [0.29, 0.717) is 0 Å². The molecule has 17 heteroatoms. The third kappa shape index (κ3) is 20.9. The number of rotatable bonds is 28. The fourth-order valence-corrected chi connectivity index (χ4v) is 3.33. The molecule has 0 radical (unpaired) electrons. The van der Waals surface area contributed by atoms with Crippen molar-refractivity contribution in [2.45, 2.75) is 70.4 Å². The Morgan fingerprint density at radius 1 is 0.460 bits per heavy atom. The van der Waals surface area contributed by atoms with Crippen molar-refractivity contribution in [2.75, 3.05) is 66.1 Å². The van der Waals surface area contributed by atoms with Gasteiger partial charge in [0, 0.05) is 22.3 Å². The molecule has 0 aromatic heterocycles. The number of ether oxygens (including phenoxy) is 8. The van der Waals surface area contributed by atoms with E-state index in [0.717, 1.165) is 0 Å². The summed E-state index contributed by atoms with van der Waals surface area (Å²) in [4.78, 5) is 46.9. The lowest BCUT2D eigenvalue weighted by atomic mass is 10.1. The minimum Gasteiger partial charge on any atom is -0.460 e. The second-order valence-electron chi connectivity index (χ2n) is 11.4. The van der Waals surface area contributed by atoms with Crippen molar-refractivity contribution in [3.8, 4) is 0 Å². The average Bonchev–Trinajstić information content (AvgIpc) is 3.06. The monoisotopic (exact) mass is 720 g/mol. The molecule has 0 aliphatic rings. The molecule has 4 unspecified atom stereocenters. The number of esters is 4. The summed E-state index contributed by atoms with van der Waals surface area (Å²) in [5.74, 6) is -3.00. The van der Waals surface area contributed by atoms with Gasteiger partial charge in [-0.25, -0.2) is 19.2 Å². The fraction of sp³-hybridized carbons (Fsp3) is 0.636. The van der Waals surface area contributed by atoms with Crippen LogP contribution in [-0.4, -0.2) is 158 Å². The zero-order valence-electron chi connectivity index (χ0n) is 29.1. The zero-order chi connectivity index (χ0) is 38.4. The van der Waals surface area contributed by atoms with Crippen molar-refractivity contribution >= 4 is 23.9 Å². The molecule has 17 nitrogen and oxygen atoms in total. The molecule has 50 heavy (non-hydrogen) atoms. The Kier molecular flexibility index (Phi) is 23.6. The van der Waals surface area contributed by atoms with Gasteiger partial charge in [-0.2, -0.15) is 0 Å². The number of hydrogen-bond donors (Lipinski definition) is 5. The van der Waals surface area contributed by atoms with E-state index in [9.17, 15) is 44.7 Å². The number of aliphatic hydroxyl groups is 5. The van der Waals surface area contributed by atoms with Gasteiger partial charge in [-0.15, -0.1) is 0 Å². The lowest BCUT2D eigenvalue weighted by Gasteiger charge is -2.34. The average molecular weight is 721 g/mol. The second kappa shape index (κ2) is 25.4. The molecule has 0 spiro atoms. The minimum absolute atomic E-state index is 0.0897. The first-order chi connectivity index (χ1) is 23.4. The largest absolute Gasteiger partial charge is 0.460 e. The van der Waals surface area contributed by atoms with E-state index in [4.69, 9.17) is 37.9 Å². The molecule has 0 saturated heterocycles. The number of hydrogen-bond acceptors (Lipinski definition) is 17. The van der Waals surface area contributed by atoms with Crippen molar-refractivity contribution in [3.63, 3.8) is 0 Å². The third-order valence-electron chi connectivity index (χ3n) is 6.01. The van der Waals surface area contributed by atoms with E-state index >= 15 is 0 Å². The normalized spacial score (nSPS) is 15.3. The molecular weight excluding hydrogens is 668 g/mol. The quantitative estimate of drug-likeness (QED) is 0.0372. The predicted octanol–water partition coefficient (Wildman–Crippen LogP) is -0.928. The van der Waals surface area contributed by atoms with Crippen LogP contribution in [0.25, 0.3) is 0 Å². The molecule has 0 aromatic rings. The van der Waals surface area contributed by atoms with Crippen molar-refractivity contribution < 1.29 is 82.6 Å². The summed E-state index contributed by atoms with van der Waals surface area (Å²) in [5.41, 5.74) is 0.400. The Balaban J connectivity index is 6.02. The molecule has 7 atom stereocenters. The van der Waals surface area contributed by atoms with E-state index < -0.39 is 133 Å². The van der Waals surface area contributed by atoms with Gasteiger partial charge in [-0.3, -0.25) is 0 Å².